The quantitative estimate of drug-likeness (QED) is 0.327. The SMILES string of the molecule is Cc1cc(C)c2c3cccc4c5c(C)cc(C)cc5n(c2c1)c34. The fourth-order valence-electron chi connectivity index (χ4n) is 4.50. The summed E-state index contributed by atoms with van der Waals surface area (Å²) >= 11 is 0. The lowest BCUT2D eigenvalue weighted by Gasteiger charge is -2.05. The van der Waals surface area contributed by atoms with Gasteiger partial charge in [-0.05, 0) is 62.1 Å². The Morgan fingerprint density at radius 3 is 1.61 bits per heavy atom. The van der Waals surface area contributed by atoms with Crippen molar-refractivity contribution in [2.45, 2.75) is 27.7 Å². The van der Waals surface area contributed by atoms with Crippen LogP contribution in [-0.2, 0) is 0 Å². The van der Waals surface area contributed by atoms with Crippen molar-refractivity contribution in [2.75, 3.05) is 0 Å². The largest absolute Gasteiger partial charge is 0.308 e. The van der Waals surface area contributed by atoms with E-state index in [2.05, 4.69) is 74.6 Å². The first-order valence-corrected chi connectivity index (χ1v) is 8.22. The van der Waals surface area contributed by atoms with Crippen molar-refractivity contribution >= 4 is 38.1 Å². The minimum Gasteiger partial charge on any atom is -0.308 e. The molecule has 0 atom stereocenters. The zero-order valence-electron chi connectivity index (χ0n) is 14.0. The maximum atomic E-state index is 2.48. The van der Waals surface area contributed by atoms with Crippen LogP contribution >= 0.6 is 0 Å². The first kappa shape index (κ1) is 13.0. The van der Waals surface area contributed by atoms with Gasteiger partial charge < -0.3 is 4.40 Å². The van der Waals surface area contributed by atoms with E-state index in [-0.39, 0.29) is 0 Å². The summed E-state index contributed by atoms with van der Waals surface area (Å²) in [5.74, 6) is 0. The molecule has 1 heteroatoms. The van der Waals surface area contributed by atoms with Gasteiger partial charge in [-0.15, -0.1) is 0 Å². The minimum atomic E-state index is 1.33. The van der Waals surface area contributed by atoms with E-state index in [0.29, 0.717) is 0 Å². The summed E-state index contributed by atoms with van der Waals surface area (Å²) in [4.78, 5) is 0. The summed E-state index contributed by atoms with van der Waals surface area (Å²) in [6.07, 6.45) is 0. The highest BCUT2D eigenvalue weighted by atomic mass is 14.9. The molecule has 5 rings (SSSR count). The number of benzene rings is 3. The minimum absolute atomic E-state index is 1.33. The molecule has 0 bridgehead atoms. The Kier molecular flexibility index (Phi) is 2.28. The molecule has 0 radical (unpaired) electrons. The fraction of sp³-hybridized carbons (Fsp3) is 0.182. The lowest BCUT2D eigenvalue weighted by Crippen LogP contribution is -1.86. The van der Waals surface area contributed by atoms with E-state index < -0.39 is 0 Å². The van der Waals surface area contributed by atoms with E-state index in [1.54, 1.807) is 0 Å². The van der Waals surface area contributed by atoms with E-state index >= 15 is 0 Å². The number of hydrogen-bond donors (Lipinski definition) is 0. The van der Waals surface area contributed by atoms with Crippen molar-refractivity contribution in [3.63, 3.8) is 0 Å². The van der Waals surface area contributed by atoms with Crippen molar-refractivity contribution in [1.29, 1.82) is 0 Å². The van der Waals surface area contributed by atoms with Gasteiger partial charge in [0.05, 0.1) is 16.6 Å². The van der Waals surface area contributed by atoms with Crippen LogP contribution in [0.3, 0.4) is 0 Å². The molecule has 0 spiro atoms. The van der Waals surface area contributed by atoms with Gasteiger partial charge in [-0.2, -0.15) is 0 Å². The van der Waals surface area contributed by atoms with Crippen LogP contribution in [0.2, 0.25) is 0 Å². The maximum Gasteiger partial charge on any atom is 0.0620 e. The lowest BCUT2D eigenvalue weighted by atomic mass is 10.0. The monoisotopic (exact) mass is 297 g/mol. The van der Waals surface area contributed by atoms with E-state index in [1.807, 2.05) is 0 Å². The molecule has 0 aliphatic heterocycles. The van der Waals surface area contributed by atoms with Crippen LogP contribution in [0.15, 0.2) is 42.5 Å². The third-order valence-corrected chi connectivity index (χ3v) is 5.20. The molecule has 112 valence electrons. The number of hydrogen-bond acceptors (Lipinski definition) is 0. The molecule has 1 nitrogen and oxygen atoms in total. The number of rotatable bonds is 0. The van der Waals surface area contributed by atoms with E-state index in [1.165, 1.54) is 60.3 Å². The van der Waals surface area contributed by atoms with Crippen molar-refractivity contribution in [1.82, 2.24) is 4.40 Å². The molecule has 0 aliphatic rings. The Bertz CT molecular complexity index is 1150. The van der Waals surface area contributed by atoms with Crippen molar-refractivity contribution in [2.24, 2.45) is 0 Å². The molecular formula is C22H19N. The number of fused-ring (bicyclic) bond motifs is 6. The smallest absolute Gasteiger partial charge is 0.0620 e. The molecule has 0 N–H and O–H groups in total. The van der Waals surface area contributed by atoms with E-state index in [4.69, 9.17) is 0 Å². The molecule has 0 amide bonds. The standard InChI is InChI=1S/C22H19N/c1-12-8-14(3)20-16-6-5-7-17-21-15(4)9-13(2)11-19(21)23(22(16)17)18(20)10-12/h5-11H,1-4H3. The van der Waals surface area contributed by atoms with Crippen LogP contribution in [0.1, 0.15) is 22.3 Å². The highest BCUT2D eigenvalue weighted by Gasteiger charge is 2.19. The average Bonchev–Trinajstić information content (AvgIpc) is 2.97. The summed E-state index contributed by atoms with van der Waals surface area (Å²) in [6, 6.07) is 16.0. The number of para-hydroxylation sites is 1. The van der Waals surface area contributed by atoms with Gasteiger partial charge in [-0.25, -0.2) is 0 Å². The molecule has 0 unspecified atom stereocenters. The topological polar surface area (TPSA) is 4.41 Å². The Hall–Kier alpha value is -2.54. The van der Waals surface area contributed by atoms with Crippen LogP contribution < -0.4 is 0 Å². The fourth-order valence-corrected chi connectivity index (χ4v) is 4.50. The van der Waals surface area contributed by atoms with Gasteiger partial charge in [0.25, 0.3) is 0 Å². The summed E-state index contributed by atoms with van der Waals surface area (Å²) in [5, 5.41) is 5.56. The average molecular weight is 297 g/mol. The maximum absolute atomic E-state index is 2.48. The Morgan fingerprint density at radius 2 is 1.13 bits per heavy atom. The summed E-state index contributed by atoms with van der Waals surface area (Å²) < 4.78 is 2.48. The number of aryl methyl sites for hydroxylation is 4. The molecule has 2 heterocycles. The van der Waals surface area contributed by atoms with E-state index in [9.17, 15) is 0 Å². The van der Waals surface area contributed by atoms with Gasteiger partial charge in [0.2, 0.25) is 0 Å². The predicted octanol–water partition coefficient (Wildman–Crippen LogP) is 6.07. The zero-order valence-corrected chi connectivity index (χ0v) is 14.0. The Morgan fingerprint density at radius 1 is 0.652 bits per heavy atom. The highest BCUT2D eigenvalue weighted by Crippen LogP contribution is 2.41. The molecule has 0 fully saturated rings. The predicted molar refractivity (Wildman–Crippen MR) is 100 cm³/mol. The van der Waals surface area contributed by atoms with Crippen molar-refractivity contribution < 1.29 is 0 Å². The lowest BCUT2D eigenvalue weighted by molar-refractivity contribution is 1.33. The van der Waals surface area contributed by atoms with Gasteiger partial charge in [0.1, 0.15) is 0 Å². The summed E-state index contributed by atoms with van der Waals surface area (Å²) in [5.41, 5.74) is 9.45. The number of aromatic nitrogens is 1. The molecule has 3 aromatic carbocycles. The van der Waals surface area contributed by atoms with Gasteiger partial charge in [-0.3, -0.25) is 0 Å². The third kappa shape index (κ3) is 1.47. The molecule has 23 heavy (non-hydrogen) atoms. The van der Waals surface area contributed by atoms with E-state index in [0.717, 1.165) is 0 Å². The second kappa shape index (κ2) is 4.05. The van der Waals surface area contributed by atoms with Gasteiger partial charge in [-0.1, -0.05) is 30.3 Å². The second-order valence-electron chi connectivity index (χ2n) is 6.99. The van der Waals surface area contributed by atoms with Crippen LogP contribution in [0, 0.1) is 27.7 Å². The van der Waals surface area contributed by atoms with Gasteiger partial charge in [0, 0.05) is 21.5 Å². The molecule has 0 aliphatic carbocycles. The normalized spacial score (nSPS) is 12.3. The number of nitrogens with zero attached hydrogens (tertiary/aromatic N) is 1. The first-order valence-electron chi connectivity index (χ1n) is 8.22. The molecule has 2 aromatic heterocycles. The Balaban J connectivity index is 2.26. The Labute approximate surface area is 135 Å². The molecule has 0 saturated carbocycles. The van der Waals surface area contributed by atoms with Gasteiger partial charge in [0.15, 0.2) is 0 Å². The van der Waals surface area contributed by atoms with Crippen LogP contribution in [0.5, 0.6) is 0 Å². The van der Waals surface area contributed by atoms with Crippen LogP contribution in [0.25, 0.3) is 38.1 Å². The molecule has 5 aromatic rings. The van der Waals surface area contributed by atoms with Crippen molar-refractivity contribution in [3.05, 3.63) is 64.7 Å². The van der Waals surface area contributed by atoms with Gasteiger partial charge >= 0.3 is 0 Å². The van der Waals surface area contributed by atoms with Crippen LogP contribution in [0.4, 0.5) is 0 Å². The second-order valence-corrected chi connectivity index (χ2v) is 6.99. The first-order chi connectivity index (χ1) is 11.1. The van der Waals surface area contributed by atoms with Crippen LogP contribution in [-0.4, -0.2) is 4.40 Å². The zero-order chi connectivity index (χ0) is 15.9. The summed E-state index contributed by atoms with van der Waals surface area (Å²) in [7, 11) is 0. The molecular weight excluding hydrogens is 278 g/mol. The van der Waals surface area contributed by atoms with Crippen molar-refractivity contribution in [3.8, 4) is 0 Å². The summed E-state index contributed by atoms with van der Waals surface area (Å²) in [6.45, 7) is 8.84. The highest BCUT2D eigenvalue weighted by molar-refractivity contribution is 6.24. The molecule has 0 saturated heterocycles. The third-order valence-electron chi connectivity index (χ3n) is 5.20.